The summed E-state index contributed by atoms with van der Waals surface area (Å²) < 4.78 is 1.83. The van der Waals surface area contributed by atoms with E-state index in [-0.39, 0.29) is 0 Å². The minimum atomic E-state index is -0.420. The zero-order valence-electron chi connectivity index (χ0n) is 8.48. The van der Waals surface area contributed by atoms with E-state index in [1.54, 1.807) is 6.20 Å². The molecule has 0 aliphatic heterocycles. The third-order valence-corrected chi connectivity index (χ3v) is 2.54. The highest BCUT2D eigenvalue weighted by Crippen LogP contribution is 2.20. The van der Waals surface area contributed by atoms with E-state index in [1.807, 2.05) is 17.8 Å². The van der Waals surface area contributed by atoms with Crippen molar-refractivity contribution in [3.05, 3.63) is 18.0 Å². The molecule has 1 aromatic rings. The first-order valence-electron chi connectivity index (χ1n) is 5.23. The van der Waals surface area contributed by atoms with Gasteiger partial charge in [0.25, 0.3) is 0 Å². The monoisotopic (exact) mass is 195 g/mol. The number of rotatable bonds is 5. The van der Waals surface area contributed by atoms with Gasteiger partial charge in [-0.25, -0.2) is 0 Å². The van der Waals surface area contributed by atoms with E-state index in [4.69, 9.17) is 0 Å². The second-order valence-electron chi connectivity index (χ2n) is 3.83. The molecule has 0 radical (unpaired) electrons. The number of aliphatic hydroxyl groups excluding tert-OH is 1. The highest BCUT2D eigenvalue weighted by atomic mass is 16.3. The fourth-order valence-corrected chi connectivity index (χ4v) is 1.41. The fourth-order valence-electron chi connectivity index (χ4n) is 1.41. The van der Waals surface area contributed by atoms with Gasteiger partial charge in [0.15, 0.2) is 0 Å². The van der Waals surface area contributed by atoms with Crippen LogP contribution >= 0.6 is 0 Å². The molecule has 78 valence electrons. The lowest BCUT2D eigenvalue weighted by molar-refractivity contribution is 0.174. The SMILES string of the molecule is CCn1cc(C(O)CNC2CC2)cn1. The van der Waals surface area contributed by atoms with Crippen molar-refractivity contribution in [2.24, 2.45) is 0 Å². The molecule has 4 nitrogen and oxygen atoms in total. The molecule has 1 unspecified atom stereocenters. The first kappa shape index (κ1) is 9.68. The zero-order chi connectivity index (χ0) is 9.97. The molecule has 1 aliphatic rings. The van der Waals surface area contributed by atoms with E-state index in [0.717, 1.165) is 12.1 Å². The summed E-state index contributed by atoms with van der Waals surface area (Å²) in [5.74, 6) is 0. The van der Waals surface area contributed by atoms with Gasteiger partial charge in [-0.1, -0.05) is 0 Å². The highest BCUT2D eigenvalue weighted by Gasteiger charge is 2.21. The Labute approximate surface area is 83.9 Å². The molecule has 1 saturated carbocycles. The summed E-state index contributed by atoms with van der Waals surface area (Å²) in [5.41, 5.74) is 0.903. The Kier molecular flexibility index (Phi) is 2.84. The van der Waals surface area contributed by atoms with Crippen molar-refractivity contribution in [2.75, 3.05) is 6.54 Å². The van der Waals surface area contributed by atoms with Gasteiger partial charge < -0.3 is 10.4 Å². The van der Waals surface area contributed by atoms with Gasteiger partial charge in [0, 0.05) is 30.9 Å². The van der Waals surface area contributed by atoms with Crippen molar-refractivity contribution in [1.82, 2.24) is 15.1 Å². The summed E-state index contributed by atoms with van der Waals surface area (Å²) in [7, 11) is 0. The van der Waals surface area contributed by atoms with Crippen LogP contribution in [0.1, 0.15) is 31.4 Å². The number of hydrogen-bond donors (Lipinski definition) is 2. The molecule has 14 heavy (non-hydrogen) atoms. The molecular weight excluding hydrogens is 178 g/mol. The Morgan fingerprint density at radius 2 is 2.50 bits per heavy atom. The van der Waals surface area contributed by atoms with Crippen LogP contribution in [-0.4, -0.2) is 27.5 Å². The predicted octanol–water partition coefficient (Wildman–Crippen LogP) is 0.688. The number of nitrogens with zero attached hydrogens (tertiary/aromatic N) is 2. The Hall–Kier alpha value is -0.870. The molecule has 1 aliphatic carbocycles. The summed E-state index contributed by atoms with van der Waals surface area (Å²) in [6.07, 6.45) is 5.72. The first-order chi connectivity index (χ1) is 6.79. The summed E-state index contributed by atoms with van der Waals surface area (Å²) in [6.45, 7) is 3.52. The minimum Gasteiger partial charge on any atom is -0.387 e. The van der Waals surface area contributed by atoms with Crippen LogP contribution in [0.25, 0.3) is 0 Å². The Bertz CT molecular complexity index is 293. The molecule has 2 N–H and O–H groups in total. The highest BCUT2D eigenvalue weighted by molar-refractivity contribution is 5.08. The number of aryl methyl sites for hydroxylation is 1. The summed E-state index contributed by atoms with van der Waals surface area (Å²) in [5, 5.41) is 17.2. The van der Waals surface area contributed by atoms with Crippen LogP contribution in [-0.2, 0) is 6.54 Å². The van der Waals surface area contributed by atoms with Gasteiger partial charge in [-0.15, -0.1) is 0 Å². The van der Waals surface area contributed by atoms with E-state index in [1.165, 1.54) is 12.8 Å². The molecule has 1 fully saturated rings. The number of nitrogens with one attached hydrogen (secondary N) is 1. The molecule has 0 saturated heterocycles. The Morgan fingerprint density at radius 3 is 3.07 bits per heavy atom. The summed E-state index contributed by atoms with van der Waals surface area (Å²) in [4.78, 5) is 0. The minimum absolute atomic E-state index is 0.420. The van der Waals surface area contributed by atoms with Crippen molar-refractivity contribution in [1.29, 1.82) is 0 Å². The molecule has 1 aromatic heterocycles. The Morgan fingerprint density at radius 1 is 1.71 bits per heavy atom. The third-order valence-electron chi connectivity index (χ3n) is 2.54. The average Bonchev–Trinajstić information content (AvgIpc) is 2.90. The molecule has 0 bridgehead atoms. The molecule has 0 aromatic carbocycles. The standard InChI is InChI=1S/C10H17N3O/c1-2-13-7-8(5-12-13)10(14)6-11-9-3-4-9/h5,7,9-11,14H,2-4,6H2,1H3. The van der Waals surface area contributed by atoms with E-state index < -0.39 is 6.10 Å². The predicted molar refractivity (Wildman–Crippen MR) is 53.9 cm³/mol. The molecular formula is C10H17N3O. The van der Waals surface area contributed by atoms with Crippen molar-refractivity contribution in [3.63, 3.8) is 0 Å². The number of aliphatic hydroxyl groups is 1. The van der Waals surface area contributed by atoms with Gasteiger partial charge in [0.1, 0.15) is 0 Å². The number of hydrogen-bond acceptors (Lipinski definition) is 3. The van der Waals surface area contributed by atoms with Crippen LogP contribution in [0.3, 0.4) is 0 Å². The van der Waals surface area contributed by atoms with E-state index >= 15 is 0 Å². The lowest BCUT2D eigenvalue weighted by Gasteiger charge is -2.08. The first-order valence-corrected chi connectivity index (χ1v) is 5.23. The van der Waals surface area contributed by atoms with E-state index in [0.29, 0.717) is 12.6 Å². The van der Waals surface area contributed by atoms with Gasteiger partial charge in [0.05, 0.1) is 12.3 Å². The van der Waals surface area contributed by atoms with Gasteiger partial charge >= 0.3 is 0 Å². The number of aromatic nitrogens is 2. The second-order valence-corrected chi connectivity index (χ2v) is 3.83. The lowest BCUT2D eigenvalue weighted by Crippen LogP contribution is -2.23. The molecule has 0 amide bonds. The maximum atomic E-state index is 9.79. The normalized spacial score (nSPS) is 18.4. The third kappa shape index (κ3) is 2.33. The summed E-state index contributed by atoms with van der Waals surface area (Å²) >= 11 is 0. The van der Waals surface area contributed by atoms with Crippen molar-refractivity contribution < 1.29 is 5.11 Å². The Balaban J connectivity index is 1.85. The smallest absolute Gasteiger partial charge is 0.0944 e. The maximum absolute atomic E-state index is 9.79. The molecule has 1 heterocycles. The van der Waals surface area contributed by atoms with Gasteiger partial charge in [-0.2, -0.15) is 5.10 Å². The van der Waals surface area contributed by atoms with Crippen molar-refractivity contribution in [2.45, 2.75) is 38.5 Å². The topological polar surface area (TPSA) is 50.1 Å². The van der Waals surface area contributed by atoms with E-state index in [9.17, 15) is 5.11 Å². The summed E-state index contributed by atoms with van der Waals surface area (Å²) in [6, 6.07) is 0.644. The average molecular weight is 195 g/mol. The lowest BCUT2D eigenvalue weighted by atomic mass is 10.2. The van der Waals surface area contributed by atoms with Crippen LogP contribution in [0.15, 0.2) is 12.4 Å². The van der Waals surface area contributed by atoms with Gasteiger partial charge in [-0.3, -0.25) is 4.68 Å². The zero-order valence-corrected chi connectivity index (χ0v) is 8.48. The molecule has 2 rings (SSSR count). The molecule has 4 heteroatoms. The van der Waals surface area contributed by atoms with Crippen LogP contribution in [0.5, 0.6) is 0 Å². The van der Waals surface area contributed by atoms with Crippen molar-refractivity contribution >= 4 is 0 Å². The van der Waals surface area contributed by atoms with E-state index in [2.05, 4.69) is 10.4 Å². The van der Waals surface area contributed by atoms with Crippen LogP contribution in [0.4, 0.5) is 0 Å². The van der Waals surface area contributed by atoms with Crippen LogP contribution in [0, 0.1) is 0 Å². The van der Waals surface area contributed by atoms with Gasteiger partial charge in [0.2, 0.25) is 0 Å². The molecule has 1 atom stereocenters. The maximum Gasteiger partial charge on any atom is 0.0944 e. The van der Waals surface area contributed by atoms with Crippen molar-refractivity contribution in [3.8, 4) is 0 Å². The van der Waals surface area contributed by atoms with Crippen LogP contribution < -0.4 is 5.32 Å². The van der Waals surface area contributed by atoms with Gasteiger partial charge in [-0.05, 0) is 19.8 Å². The second kappa shape index (κ2) is 4.11. The fraction of sp³-hybridized carbons (Fsp3) is 0.700. The quantitative estimate of drug-likeness (QED) is 0.726. The largest absolute Gasteiger partial charge is 0.387 e. The molecule has 0 spiro atoms. The van der Waals surface area contributed by atoms with Crippen LogP contribution in [0.2, 0.25) is 0 Å².